The topological polar surface area (TPSA) is 42.7 Å². The van der Waals surface area contributed by atoms with Crippen molar-refractivity contribution < 1.29 is 4.39 Å². The summed E-state index contributed by atoms with van der Waals surface area (Å²) in [7, 11) is 0. The third kappa shape index (κ3) is 4.13. The molecule has 1 aromatic heterocycles. The normalized spacial score (nSPS) is 12.5. The Morgan fingerprint density at radius 3 is 3.00 bits per heavy atom. The van der Waals surface area contributed by atoms with E-state index in [4.69, 9.17) is 0 Å². The molecular weight excluding hydrogens is 243 g/mol. The van der Waals surface area contributed by atoms with Crippen LogP contribution < -0.4 is 5.32 Å². The minimum atomic E-state index is -0.180. The zero-order valence-corrected chi connectivity index (χ0v) is 11.1. The smallest absolute Gasteiger partial charge is 0.123 e. The predicted molar refractivity (Wildman–Crippen MR) is 72.1 cm³/mol. The molecule has 0 aliphatic heterocycles. The van der Waals surface area contributed by atoms with Gasteiger partial charge in [0, 0.05) is 18.8 Å². The zero-order valence-electron chi connectivity index (χ0n) is 11.1. The summed E-state index contributed by atoms with van der Waals surface area (Å²) in [6.45, 7) is 3.81. The molecule has 1 heterocycles. The SMILES string of the molecule is CCC(NCCCn1ccnn1)c1cccc(F)c1. The number of hydrogen-bond donors (Lipinski definition) is 1. The molecular formula is C14H19FN4. The van der Waals surface area contributed by atoms with E-state index in [1.54, 1.807) is 18.3 Å². The molecule has 4 nitrogen and oxygen atoms in total. The Hall–Kier alpha value is -1.75. The van der Waals surface area contributed by atoms with E-state index < -0.39 is 0 Å². The van der Waals surface area contributed by atoms with Crippen LogP contribution in [0.5, 0.6) is 0 Å². The van der Waals surface area contributed by atoms with E-state index >= 15 is 0 Å². The summed E-state index contributed by atoms with van der Waals surface area (Å²) in [5.74, 6) is -0.180. The Balaban J connectivity index is 1.79. The van der Waals surface area contributed by atoms with Gasteiger partial charge in [0.1, 0.15) is 5.82 Å². The molecule has 2 aromatic rings. The second-order valence-corrected chi connectivity index (χ2v) is 4.49. The monoisotopic (exact) mass is 262 g/mol. The van der Waals surface area contributed by atoms with Crippen LogP contribution in [0, 0.1) is 5.82 Å². The van der Waals surface area contributed by atoms with Crippen LogP contribution in [0.1, 0.15) is 31.4 Å². The van der Waals surface area contributed by atoms with E-state index in [1.807, 2.05) is 16.9 Å². The van der Waals surface area contributed by atoms with Crippen LogP contribution in [0.4, 0.5) is 4.39 Å². The summed E-state index contributed by atoms with van der Waals surface area (Å²) < 4.78 is 15.0. The Morgan fingerprint density at radius 2 is 2.32 bits per heavy atom. The number of aryl methyl sites for hydroxylation is 1. The molecule has 19 heavy (non-hydrogen) atoms. The largest absolute Gasteiger partial charge is 0.310 e. The standard InChI is InChI=1S/C14H19FN4/c1-2-14(12-5-3-6-13(15)11-12)16-7-4-9-19-10-8-17-18-19/h3,5-6,8,10-11,14,16H,2,4,7,9H2,1H3. The van der Waals surface area contributed by atoms with E-state index in [0.717, 1.165) is 31.5 Å². The van der Waals surface area contributed by atoms with Crippen LogP contribution in [0.25, 0.3) is 0 Å². The molecule has 0 saturated carbocycles. The fraction of sp³-hybridized carbons (Fsp3) is 0.429. The Kier molecular flexibility index (Phi) is 5.03. The van der Waals surface area contributed by atoms with Gasteiger partial charge in [-0.1, -0.05) is 24.3 Å². The maximum Gasteiger partial charge on any atom is 0.123 e. The van der Waals surface area contributed by atoms with Gasteiger partial charge >= 0.3 is 0 Å². The lowest BCUT2D eigenvalue weighted by atomic mass is 10.0. The number of aromatic nitrogens is 3. The second-order valence-electron chi connectivity index (χ2n) is 4.49. The van der Waals surface area contributed by atoms with Gasteiger partial charge in [-0.3, -0.25) is 4.68 Å². The third-order valence-electron chi connectivity index (χ3n) is 3.09. The highest BCUT2D eigenvalue weighted by Crippen LogP contribution is 2.17. The number of hydrogen-bond acceptors (Lipinski definition) is 3. The first-order chi connectivity index (χ1) is 9.29. The van der Waals surface area contributed by atoms with E-state index in [2.05, 4.69) is 22.6 Å². The Morgan fingerprint density at radius 1 is 1.42 bits per heavy atom. The summed E-state index contributed by atoms with van der Waals surface area (Å²) >= 11 is 0. The third-order valence-corrected chi connectivity index (χ3v) is 3.09. The van der Waals surface area contributed by atoms with Gasteiger partial charge in [0.25, 0.3) is 0 Å². The minimum Gasteiger partial charge on any atom is -0.310 e. The highest BCUT2D eigenvalue weighted by molar-refractivity contribution is 5.19. The quantitative estimate of drug-likeness (QED) is 0.780. The van der Waals surface area contributed by atoms with Gasteiger partial charge < -0.3 is 5.32 Å². The molecule has 0 bridgehead atoms. The lowest BCUT2D eigenvalue weighted by Gasteiger charge is -2.17. The Labute approximate surface area is 112 Å². The molecule has 1 N–H and O–H groups in total. The fourth-order valence-electron chi connectivity index (χ4n) is 2.09. The number of nitrogens with zero attached hydrogens (tertiary/aromatic N) is 3. The number of nitrogens with one attached hydrogen (secondary N) is 1. The fourth-order valence-corrected chi connectivity index (χ4v) is 2.09. The number of rotatable bonds is 7. The zero-order chi connectivity index (χ0) is 13.5. The van der Waals surface area contributed by atoms with Crippen molar-refractivity contribution in [2.45, 2.75) is 32.4 Å². The van der Waals surface area contributed by atoms with E-state index in [9.17, 15) is 4.39 Å². The Bertz CT molecular complexity index is 484. The average Bonchev–Trinajstić information content (AvgIpc) is 2.92. The second kappa shape index (κ2) is 6.99. The van der Waals surface area contributed by atoms with Crippen LogP contribution in [0.3, 0.4) is 0 Å². The van der Waals surface area contributed by atoms with Crippen LogP contribution in [-0.4, -0.2) is 21.5 Å². The highest BCUT2D eigenvalue weighted by Gasteiger charge is 2.08. The predicted octanol–water partition coefficient (Wildman–Crippen LogP) is 2.55. The molecule has 0 aliphatic carbocycles. The number of halogens is 1. The summed E-state index contributed by atoms with van der Waals surface area (Å²) in [6, 6.07) is 6.98. The molecule has 0 aliphatic rings. The van der Waals surface area contributed by atoms with Crippen molar-refractivity contribution in [3.8, 4) is 0 Å². The van der Waals surface area contributed by atoms with Crippen molar-refractivity contribution in [2.75, 3.05) is 6.54 Å². The van der Waals surface area contributed by atoms with Crippen molar-refractivity contribution in [2.24, 2.45) is 0 Å². The first-order valence-corrected chi connectivity index (χ1v) is 6.62. The van der Waals surface area contributed by atoms with E-state index in [0.29, 0.717) is 0 Å². The first kappa shape index (κ1) is 13.7. The molecule has 1 unspecified atom stereocenters. The summed E-state index contributed by atoms with van der Waals surface area (Å²) in [5, 5.41) is 11.1. The van der Waals surface area contributed by atoms with Crippen LogP contribution in [0.2, 0.25) is 0 Å². The molecule has 1 atom stereocenters. The molecule has 0 radical (unpaired) electrons. The van der Waals surface area contributed by atoms with E-state index in [1.165, 1.54) is 6.07 Å². The molecule has 102 valence electrons. The molecule has 1 aromatic carbocycles. The molecule has 2 rings (SSSR count). The summed E-state index contributed by atoms with van der Waals surface area (Å²) in [4.78, 5) is 0. The van der Waals surface area contributed by atoms with Crippen molar-refractivity contribution in [1.29, 1.82) is 0 Å². The molecule has 0 spiro atoms. The van der Waals surface area contributed by atoms with Gasteiger partial charge in [0.15, 0.2) is 0 Å². The molecule has 0 saturated heterocycles. The van der Waals surface area contributed by atoms with Gasteiger partial charge in [0.2, 0.25) is 0 Å². The average molecular weight is 262 g/mol. The molecule has 5 heteroatoms. The van der Waals surface area contributed by atoms with Gasteiger partial charge in [-0.15, -0.1) is 5.10 Å². The lowest BCUT2D eigenvalue weighted by Crippen LogP contribution is -2.23. The van der Waals surface area contributed by atoms with Crippen LogP contribution >= 0.6 is 0 Å². The molecule has 0 amide bonds. The number of benzene rings is 1. The highest BCUT2D eigenvalue weighted by atomic mass is 19.1. The van der Waals surface area contributed by atoms with Crippen LogP contribution in [-0.2, 0) is 6.54 Å². The van der Waals surface area contributed by atoms with Crippen molar-refractivity contribution in [3.63, 3.8) is 0 Å². The maximum absolute atomic E-state index is 13.2. The van der Waals surface area contributed by atoms with Gasteiger partial charge in [-0.05, 0) is 37.1 Å². The first-order valence-electron chi connectivity index (χ1n) is 6.62. The lowest BCUT2D eigenvalue weighted by molar-refractivity contribution is 0.473. The van der Waals surface area contributed by atoms with Gasteiger partial charge in [-0.2, -0.15) is 0 Å². The summed E-state index contributed by atoms with van der Waals surface area (Å²) in [5.41, 5.74) is 1.00. The van der Waals surface area contributed by atoms with Gasteiger partial charge in [0.05, 0.1) is 6.20 Å². The van der Waals surface area contributed by atoms with Crippen molar-refractivity contribution >= 4 is 0 Å². The summed E-state index contributed by atoms with van der Waals surface area (Å²) in [6.07, 6.45) is 5.43. The van der Waals surface area contributed by atoms with E-state index in [-0.39, 0.29) is 11.9 Å². The van der Waals surface area contributed by atoms with Gasteiger partial charge in [-0.25, -0.2) is 4.39 Å². The maximum atomic E-state index is 13.2. The van der Waals surface area contributed by atoms with Crippen molar-refractivity contribution in [1.82, 2.24) is 20.3 Å². The van der Waals surface area contributed by atoms with Crippen molar-refractivity contribution in [3.05, 3.63) is 48.0 Å². The minimum absolute atomic E-state index is 0.180. The molecule has 0 fully saturated rings. The van der Waals surface area contributed by atoms with Crippen LogP contribution in [0.15, 0.2) is 36.7 Å².